The predicted molar refractivity (Wildman–Crippen MR) is 85.3 cm³/mol. The number of amides is 1. The van der Waals surface area contributed by atoms with Gasteiger partial charge < -0.3 is 15.5 Å². The van der Waals surface area contributed by atoms with Crippen molar-refractivity contribution >= 4 is 17.5 Å². The highest BCUT2D eigenvalue weighted by molar-refractivity contribution is 6.31. The molecule has 0 saturated carbocycles. The van der Waals surface area contributed by atoms with Crippen LogP contribution in [0.3, 0.4) is 0 Å². The molecule has 2 aromatic rings. The molecule has 0 radical (unpaired) electrons. The molecule has 22 heavy (non-hydrogen) atoms. The second kappa shape index (κ2) is 7.40. The lowest BCUT2D eigenvalue weighted by molar-refractivity contribution is -0.129. The number of carbonyl (C=O) groups excluding carboxylic acids is 1. The fourth-order valence-corrected chi connectivity index (χ4v) is 2.28. The van der Waals surface area contributed by atoms with Crippen LogP contribution in [-0.2, 0) is 11.3 Å². The van der Waals surface area contributed by atoms with Crippen molar-refractivity contribution in [3.05, 3.63) is 70.2 Å². The summed E-state index contributed by atoms with van der Waals surface area (Å²) in [7, 11) is 0. The first-order chi connectivity index (χ1) is 10.5. The summed E-state index contributed by atoms with van der Waals surface area (Å²) in [4.78, 5) is 12.0. The minimum absolute atomic E-state index is 0.292. The van der Waals surface area contributed by atoms with E-state index in [9.17, 15) is 15.0 Å². The van der Waals surface area contributed by atoms with Gasteiger partial charge in [-0.3, -0.25) is 4.79 Å². The Balaban J connectivity index is 1.96. The quantitative estimate of drug-likeness (QED) is 0.793. The highest BCUT2D eigenvalue weighted by Gasteiger charge is 2.19. The third kappa shape index (κ3) is 4.07. The van der Waals surface area contributed by atoms with Gasteiger partial charge in [-0.1, -0.05) is 54.1 Å². The predicted octanol–water partition coefficient (Wildman–Crippen LogP) is 2.74. The van der Waals surface area contributed by atoms with Crippen LogP contribution in [0.5, 0.6) is 0 Å². The van der Waals surface area contributed by atoms with E-state index in [1.807, 2.05) is 12.1 Å². The zero-order valence-electron chi connectivity index (χ0n) is 12.2. The molecule has 0 saturated heterocycles. The van der Waals surface area contributed by atoms with Gasteiger partial charge in [0.15, 0.2) is 6.10 Å². The van der Waals surface area contributed by atoms with Crippen molar-refractivity contribution in [3.63, 3.8) is 0 Å². The largest absolute Gasteiger partial charge is 0.389 e. The zero-order valence-corrected chi connectivity index (χ0v) is 12.9. The van der Waals surface area contributed by atoms with Crippen molar-refractivity contribution in [1.82, 2.24) is 5.32 Å². The van der Waals surface area contributed by atoms with E-state index in [0.717, 1.165) is 11.1 Å². The number of hydrogen-bond acceptors (Lipinski definition) is 3. The van der Waals surface area contributed by atoms with E-state index in [4.69, 9.17) is 11.6 Å². The number of halogens is 1. The Labute approximate surface area is 134 Å². The molecule has 4 nitrogen and oxygen atoms in total. The number of benzene rings is 2. The summed E-state index contributed by atoms with van der Waals surface area (Å²) in [6.07, 6.45) is -1.82. The van der Waals surface area contributed by atoms with Gasteiger partial charge in [0.1, 0.15) is 0 Å². The number of hydrogen-bond donors (Lipinski definition) is 3. The molecule has 0 aliphatic carbocycles. The van der Waals surface area contributed by atoms with Crippen LogP contribution in [-0.4, -0.2) is 16.1 Å². The number of rotatable bonds is 5. The summed E-state index contributed by atoms with van der Waals surface area (Å²) in [6.45, 7) is 1.98. The van der Waals surface area contributed by atoms with E-state index in [1.54, 1.807) is 43.3 Å². The number of aliphatic hydroxyl groups excluding tert-OH is 2. The van der Waals surface area contributed by atoms with Gasteiger partial charge >= 0.3 is 0 Å². The summed E-state index contributed by atoms with van der Waals surface area (Å²) in [5.41, 5.74) is 2.07. The van der Waals surface area contributed by atoms with Crippen LogP contribution < -0.4 is 5.32 Å². The summed E-state index contributed by atoms with van der Waals surface area (Å²) in [5, 5.41) is 22.5. The van der Waals surface area contributed by atoms with Crippen LogP contribution in [0.15, 0.2) is 48.5 Å². The fraction of sp³-hybridized carbons (Fsp3) is 0.235. The topological polar surface area (TPSA) is 69.6 Å². The third-order valence-corrected chi connectivity index (χ3v) is 3.72. The maximum absolute atomic E-state index is 12.0. The molecule has 0 aromatic heterocycles. The summed E-state index contributed by atoms with van der Waals surface area (Å²) >= 11 is 5.96. The Morgan fingerprint density at radius 1 is 1.14 bits per heavy atom. The molecule has 0 spiro atoms. The van der Waals surface area contributed by atoms with E-state index < -0.39 is 18.1 Å². The maximum atomic E-state index is 12.0. The first-order valence-corrected chi connectivity index (χ1v) is 7.34. The molecule has 1 amide bonds. The highest BCUT2D eigenvalue weighted by Crippen LogP contribution is 2.22. The number of aliphatic hydroxyl groups is 2. The Morgan fingerprint density at radius 3 is 2.36 bits per heavy atom. The van der Waals surface area contributed by atoms with Gasteiger partial charge in [-0.15, -0.1) is 0 Å². The van der Waals surface area contributed by atoms with Crippen LogP contribution in [0, 0.1) is 0 Å². The molecule has 0 fully saturated rings. The molecule has 0 aliphatic heterocycles. The second-order valence-corrected chi connectivity index (χ2v) is 5.47. The van der Waals surface area contributed by atoms with Crippen molar-refractivity contribution in [2.45, 2.75) is 25.7 Å². The average molecular weight is 320 g/mol. The van der Waals surface area contributed by atoms with Gasteiger partial charge in [0.05, 0.1) is 6.10 Å². The summed E-state index contributed by atoms with van der Waals surface area (Å²) < 4.78 is 0. The van der Waals surface area contributed by atoms with Crippen LogP contribution in [0.25, 0.3) is 0 Å². The molecule has 0 heterocycles. The van der Waals surface area contributed by atoms with E-state index in [0.29, 0.717) is 17.1 Å². The van der Waals surface area contributed by atoms with E-state index >= 15 is 0 Å². The van der Waals surface area contributed by atoms with Crippen molar-refractivity contribution in [1.29, 1.82) is 0 Å². The van der Waals surface area contributed by atoms with Crippen LogP contribution in [0.2, 0.25) is 5.02 Å². The minimum atomic E-state index is -1.30. The lowest BCUT2D eigenvalue weighted by Crippen LogP contribution is -2.29. The highest BCUT2D eigenvalue weighted by atomic mass is 35.5. The van der Waals surface area contributed by atoms with E-state index in [-0.39, 0.29) is 0 Å². The number of carbonyl (C=O) groups is 1. The molecule has 0 aliphatic rings. The molecule has 2 rings (SSSR count). The molecule has 3 N–H and O–H groups in total. The fourth-order valence-electron chi connectivity index (χ4n) is 2.04. The molecule has 116 valence electrons. The van der Waals surface area contributed by atoms with E-state index in [2.05, 4.69) is 5.32 Å². The first-order valence-electron chi connectivity index (χ1n) is 6.96. The van der Waals surface area contributed by atoms with E-state index in [1.165, 1.54) is 0 Å². The third-order valence-electron chi connectivity index (χ3n) is 3.38. The smallest absolute Gasteiger partial charge is 0.253 e. The molecular formula is C17H18ClNO3. The normalized spacial score (nSPS) is 13.5. The summed E-state index contributed by atoms with van der Waals surface area (Å²) in [5.74, 6) is -0.507. The SMILES string of the molecule is C[C@H](O)c1ccc(CNC(=O)[C@H](O)c2ccccc2Cl)cc1. The van der Waals surface area contributed by atoms with Crippen LogP contribution >= 0.6 is 11.6 Å². The van der Waals surface area contributed by atoms with Gasteiger partial charge in [-0.25, -0.2) is 0 Å². The van der Waals surface area contributed by atoms with Gasteiger partial charge in [0.2, 0.25) is 0 Å². The van der Waals surface area contributed by atoms with Crippen LogP contribution in [0.1, 0.15) is 35.8 Å². The molecular weight excluding hydrogens is 302 g/mol. The van der Waals surface area contributed by atoms with Crippen molar-refractivity contribution < 1.29 is 15.0 Å². The Hall–Kier alpha value is -1.88. The molecule has 2 aromatic carbocycles. The molecule has 5 heteroatoms. The lowest BCUT2D eigenvalue weighted by Gasteiger charge is -2.13. The van der Waals surface area contributed by atoms with Crippen molar-refractivity contribution in [3.8, 4) is 0 Å². The standard InChI is InChI=1S/C17H18ClNO3/c1-11(20)13-8-6-12(7-9-13)10-19-17(22)16(21)14-4-2-3-5-15(14)18/h2-9,11,16,20-21H,10H2,1H3,(H,19,22)/t11-,16+/m0/s1. The Morgan fingerprint density at radius 2 is 1.77 bits per heavy atom. The molecule has 2 atom stereocenters. The van der Waals surface area contributed by atoms with Gasteiger partial charge in [0.25, 0.3) is 5.91 Å². The van der Waals surface area contributed by atoms with Crippen molar-refractivity contribution in [2.75, 3.05) is 0 Å². The monoisotopic (exact) mass is 319 g/mol. The summed E-state index contributed by atoms with van der Waals surface area (Å²) in [6, 6.07) is 13.9. The molecule has 0 unspecified atom stereocenters. The van der Waals surface area contributed by atoms with Gasteiger partial charge in [-0.2, -0.15) is 0 Å². The van der Waals surface area contributed by atoms with Gasteiger partial charge in [-0.05, 0) is 24.1 Å². The molecule has 0 bridgehead atoms. The second-order valence-electron chi connectivity index (χ2n) is 5.06. The average Bonchev–Trinajstić information content (AvgIpc) is 2.52. The van der Waals surface area contributed by atoms with Crippen LogP contribution in [0.4, 0.5) is 0 Å². The Bertz CT molecular complexity index is 641. The van der Waals surface area contributed by atoms with Crippen molar-refractivity contribution in [2.24, 2.45) is 0 Å². The minimum Gasteiger partial charge on any atom is -0.389 e. The van der Waals surface area contributed by atoms with Gasteiger partial charge in [0, 0.05) is 17.1 Å². The Kier molecular flexibility index (Phi) is 5.55. The maximum Gasteiger partial charge on any atom is 0.253 e. The number of nitrogens with one attached hydrogen (secondary N) is 1. The first kappa shape index (κ1) is 16.5. The lowest BCUT2D eigenvalue weighted by atomic mass is 10.1. The zero-order chi connectivity index (χ0) is 16.1.